The van der Waals surface area contributed by atoms with E-state index in [0.717, 1.165) is 84.6 Å². The predicted molar refractivity (Wildman–Crippen MR) is 108 cm³/mol. The van der Waals surface area contributed by atoms with Crippen LogP contribution < -0.4 is 10.6 Å². The van der Waals surface area contributed by atoms with Crippen LogP contribution in [0.2, 0.25) is 0 Å². The summed E-state index contributed by atoms with van der Waals surface area (Å²) in [6.07, 6.45) is 2.27. The van der Waals surface area contributed by atoms with Crippen molar-refractivity contribution in [2.75, 3.05) is 85.3 Å². The first-order valence-electron chi connectivity index (χ1n) is 10.4. The molecule has 8 heteroatoms. The quantitative estimate of drug-likeness (QED) is 0.271. The van der Waals surface area contributed by atoms with Crippen LogP contribution in [0.4, 0.5) is 0 Å². The van der Waals surface area contributed by atoms with Gasteiger partial charge < -0.3 is 25.2 Å². The molecule has 0 amide bonds. The minimum atomic E-state index is -0.837. The van der Waals surface area contributed by atoms with Crippen molar-refractivity contribution in [1.82, 2.24) is 20.4 Å². The molecule has 2 heterocycles. The Labute approximate surface area is 164 Å². The molecule has 0 radical (unpaired) electrons. The zero-order valence-corrected chi connectivity index (χ0v) is 17.2. The Hall–Kier alpha value is -0.930. The molecule has 2 fully saturated rings. The van der Waals surface area contributed by atoms with Gasteiger partial charge in [0.15, 0.2) is 5.96 Å². The van der Waals surface area contributed by atoms with E-state index < -0.39 is 5.60 Å². The van der Waals surface area contributed by atoms with Gasteiger partial charge in [-0.15, -0.1) is 0 Å². The Bertz CT molecular complexity index is 422. The van der Waals surface area contributed by atoms with Gasteiger partial charge >= 0.3 is 0 Å². The highest BCUT2D eigenvalue weighted by molar-refractivity contribution is 5.79. The molecule has 0 aliphatic carbocycles. The second kappa shape index (κ2) is 12.5. The lowest BCUT2D eigenvalue weighted by Gasteiger charge is -2.33. The van der Waals surface area contributed by atoms with E-state index in [-0.39, 0.29) is 0 Å². The maximum atomic E-state index is 10.7. The summed E-state index contributed by atoms with van der Waals surface area (Å²) in [4.78, 5) is 9.30. The molecule has 0 aromatic heterocycles. The van der Waals surface area contributed by atoms with Gasteiger partial charge in [-0.2, -0.15) is 0 Å². The van der Waals surface area contributed by atoms with Crippen molar-refractivity contribution in [3.8, 4) is 0 Å². The molecular weight excluding hydrogens is 346 g/mol. The number of unbranched alkanes of at least 4 members (excludes halogenated alkanes) is 1. The van der Waals surface area contributed by atoms with Crippen LogP contribution >= 0.6 is 0 Å². The van der Waals surface area contributed by atoms with Gasteiger partial charge in [-0.05, 0) is 33.2 Å². The van der Waals surface area contributed by atoms with Crippen molar-refractivity contribution in [3.05, 3.63) is 0 Å². The molecule has 0 bridgehead atoms. The maximum absolute atomic E-state index is 10.7. The van der Waals surface area contributed by atoms with Gasteiger partial charge in [0.2, 0.25) is 0 Å². The van der Waals surface area contributed by atoms with Crippen LogP contribution in [0.5, 0.6) is 0 Å². The summed E-state index contributed by atoms with van der Waals surface area (Å²) in [5.41, 5.74) is -0.837. The predicted octanol–water partition coefficient (Wildman–Crippen LogP) is -0.263. The van der Waals surface area contributed by atoms with E-state index in [1.807, 2.05) is 6.92 Å². The number of hydrogen-bond donors (Lipinski definition) is 3. The highest BCUT2D eigenvalue weighted by atomic mass is 16.5. The minimum absolute atomic E-state index is 0.382. The highest BCUT2D eigenvalue weighted by Gasteiger charge is 2.25. The van der Waals surface area contributed by atoms with E-state index >= 15 is 0 Å². The molecule has 2 aliphatic heterocycles. The van der Waals surface area contributed by atoms with Crippen LogP contribution in [0.3, 0.4) is 0 Å². The fourth-order valence-electron chi connectivity index (χ4n) is 3.37. The van der Waals surface area contributed by atoms with Gasteiger partial charge in [0.25, 0.3) is 0 Å². The average molecular weight is 386 g/mol. The monoisotopic (exact) mass is 385 g/mol. The van der Waals surface area contributed by atoms with E-state index in [1.54, 1.807) is 0 Å². The SMILES string of the molecule is CCNC(=NCC(C)(O)CN1CCOCC1)NCCCCN1CCOCC1. The number of β-amino-alcohol motifs (C(OH)–C–C–N with tert-alkyl or cyclic N) is 1. The minimum Gasteiger partial charge on any atom is -0.387 e. The summed E-state index contributed by atoms with van der Waals surface area (Å²) in [6.45, 7) is 14.8. The van der Waals surface area contributed by atoms with Crippen molar-refractivity contribution in [3.63, 3.8) is 0 Å². The summed E-state index contributed by atoms with van der Waals surface area (Å²) in [7, 11) is 0. The van der Waals surface area contributed by atoms with Crippen molar-refractivity contribution in [2.45, 2.75) is 32.3 Å². The van der Waals surface area contributed by atoms with E-state index in [2.05, 4.69) is 32.3 Å². The summed E-state index contributed by atoms with van der Waals surface area (Å²) in [5.74, 6) is 0.783. The van der Waals surface area contributed by atoms with Crippen molar-refractivity contribution in [2.24, 2.45) is 4.99 Å². The number of aliphatic hydroxyl groups is 1. The zero-order chi connectivity index (χ0) is 19.4. The van der Waals surface area contributed by atoms with E-state index in [4.69, 9.17) is 9.47 Å². The molecule has 158 valence electrons. The number of guanidine groups is 1. The van der Waals surface area contributed by atoms with E-state index in [0.29, 0.717) is 13.1 Å². The van der Waals surface area contributed by atoms with Gasteiger partial charge in [0.1, 0.15) is 0 Å². The molecular formula is C19H39N5O3. The number of nitrogens with zero attached hydrogens (tertiary/aromatic N) is 3. The van der Waals surface area contributed by atoms with Crippen LogP contribution in [0.25, 0.3) is 0 Å². The summed E-state index contributed by atoms with van der Waals surface area (Å²) in [6, 6.07) is 0. The molecule has 1 atom stereocenters. The molecule has 1 unspecified atom stereocenters. The lowest BCUT2D eigenvalue weighted by Crippen LogP contribution is -2.48. The molecule has 0 aromatic rings. The normalized spacial score (nSPS) is 22.4. The Morgan fingerprint density at radius 3 is 2.26 bits per heavy atom. The number of hydrogen-bond acceptors (Lipinski definition) is 6. The molecule has 0 spiro atoms. The summed E-state index contributed by atoms with van der Waals surface area (Å²) in [5, 5.41) is 17.3. The standard InChI is InChI=1S/C19H39N5O3/c1-3-20-18(21-6-4-5-7-23-8-12-26-13-9-23)22-16-19(2,25)17-24-10-14-27-15-11-24/h25H,3-17H2,1-2H3,(H2,20,21,22). The fourth-order valence-corrected chi connectivity index (χ4v) is 3.37. The third-order valence-electron chi connectivity index (χ3n) is 4.89. The van der Waals surface area contributed by atoms with Crippen molar-refractivity contribution < 1.29 is 14.6 Å². The topological polar surface area (TPSA) is 81.6 Å². The van der Waals surface area contributed by atoms with Crippen LogP contribution in [0.15, 0.2) is 4.99 Å². The maximum Gasteiger partial charge on any atom is 0.191 e. The number of ether oxygens (including phenoxy) is 2. The molecule has 27 heavy (non-hydrogen) atoms. The molecule has 2 saturated heterocycles. The van der Waals surface area contributed by atoms with Gasteiger partial charge in [-0.25, -0.2) is 0 Å². The van der Waals surface area contributed by atoms with Crippen LogP contribution in [-0.4, -0.2) is 112 Å². The second-order valence-electron chi connectivity index (χ2n) is 7.67. The first-order valence-corrected chi connectivity index (χ1v) is 10.4. The van der Waals surface area contributed by atoms with E-state index in [9.17, 15) is 5.11 Å². The van der Waals surface area contributed by atoms with Crippen LogP contribution in [0.1, 0.15) is 26.7 Å². The number of nitrogens with one attached hydrogen (secondary N) is 2. The Morgan fingerprint density at radius 2 is 1.63 bits per heavy atom. The lowest BCUT2D eigenvalue weighted by molar-refractivity contribution is -0.0180. The average Bonchev–Trinajstić information content (AvgIpc) is 2.67. The first kappa shape index (κ1) is 22.4. The summed E-state index contributed by atoms with van der Waals surface area (Å²) < 4.78 is 10.7. The molecule has 8 nitrogen and oxygen atoms in total. The Balaban J connectivity index is 1.65. The summed E-state index contributed by atoms with van der Waals surface area (Å²) >= 11 is 0. The fraction of sp³-hybridized carbons (Fsp3) is 0.947. The van der Waals surface area contributed by atoms with Gasteiger partial charge in [0.05, 0.1) is 38.6 Å². The third-order valence-corrected chi connectivity index (χ3v) is 4.89. The van der Waals surface area contributed by atoms with Crippen LogP contribution in [-0.2, 0) is 9.47 Å². The first-order chi connectivity index (χ1) is 13.1. The Kier molecular flexibility index (Phi) is 10.4. The lowest BCUT2D eigenvalue weighted by atomic mass is 10.1. The molecule has 2 aliphatic rings. The van der Waals surface area contributed by atoms with Gasteiger partial charge in [-0.3, -0.25) is 14.8 Å². The zero-order valence-electron chi connectivity index (χ0n) is 17.2. The number of rotatable bonds is 10. The molecule has 2 rings (SSSR count). The van der Waals surface area contributed by atoms with Crippen molar-refractivity contribution >= 4 is 5.96 Å². The smallest absolute Gasteiger partial charge is 0.191 e. The second-order valence-corrected chi connectivity index (χ2v) is 7.67. The van der Waals surface area contributed by atoms with Gasteiger partial charge in [-0.1, -0.05) is 0 Å². The van der Waals surface area contributed by atoms with Crippen molar-refractivity contribution in [1.29, 1.82) is 0 Å². The number of aliphatic imine (C=N–C) groups is 1. The highest BCUT2D eigenvalue weighted by Crippen LogP contribution is 2.09. The Morgan fingerprint density at radius 1 is 1.00 bits per heavy atom. The third kappa shape index (κ3) is 9.71. The van der Waals surface area contributed by atoms with Crippen LogP contribution in [0, 0.1) is 0 Å². The van der Waals surface area contributed by atoms with E-state index in [1.165, 1.54) is 6.42 Å². The largest absolute Gasteiger partial charge is 0.387 e. The molecule has 0 saturated carbocycles. The number of morpholine rings is 2. The van der Waals surface area contributed by atoms with Gasteiger partial charge in [0, 0.05) is 45.8 Å². The molecule has 0 aromatic carbocycles. The molecule has 3 N–H and O–H groups in total.